The fraction of sp³-hybridized carbons (Fsp3) is 0.750. The zero-order valence-electron chi connectivity index (χ0n) is 7.73. The Hall–Kier alpha value is -0.940. The zero-order chi connectivity index (χ0) is 9.68. The Morgan fingerprint density at radius 1 is 1.62 bits per heavy atom. The van der Waals surface area contributed by atoms with E-state index in [1.165, 1.54) is 0 Å². The maximum absolute atomic E-state index is 9.43. The molecule has 74 valence electrons. The SMILES string of the molecule is CCCc1noc([C@@H](O)CCN)n1. The van der Waals surface area contributed by atoms with Gasteiger partial charge in [-0.1, -0.05) is 12.1 Å². The molecule has 0 saturated carbocycles. The van der Waals surface area contributed by atoms with Crippen LogP contribution in [0.5, 0.6) is 0 Å². The predicted molar refractivity (Wildman–Crippen MR) is 46.9 cm³/mol. The second-order valence-electron chi connectivity index (χ2n) is 2.89. The fourth-order valence-corrected chi connectivity index (χ4v) is 1.01. The first kappa shape index (κ1) is 10.1. The number of hydrogen-bond acceptors (Lipinski definition) is 5. The minimum absolute atomic E-state index is 0.272. The maximum atomic E-state index is 9.43. The van der Waals surface area contributed by atoms with Crippen LogP contribution in [-0.4, -0.2) is 21.8 Å². The van der Waals surface area contributed by atoms with Gasteiger partial charge in [0.1, 0.15) is 6.10 Å². The van der Waals surface area contributed by atoms with Gasteiger partial charge in [-0.15, -0.1) is 0 Å². The molecule has 0 bridgehead atoms. The van der Waals surface area contributed by atoms with Crippen molar-refractivity contribution in [2.24, 2.45) is 5.73 Å². The highest BCUT2D eigenvalue weighted by molar-refractivity contribution is 4.89. The molecule has 0 aliphatic heterocycles. The van der Waals surface area contributed by atoms with Crippen molar-refractivity contribution >= 4 is 0 Å². The molecule has 0 aliphatic carbocycles. The van der Waals surface area contributed by atoms with E-state index in [9.17, 15) is 5.11 Å². The van der Waals surface area contributed by atoms with Crippen molar-refractivity contribution < 1.29 is 9.63 Å². The van der Waals surface area contributed by atoms with Crippen LogP contribution in [0, 0.1) is 0 Å². The van der Waals surface area contributed by atoms with Gasteiger partial charge in [-0.2, -0.15) is 4.98 Å². The van der Waals surface area contributed by atoms with E-state index in [2.05, 4.69) is 10.1 Å². The summed E-state index contributed by atoms with van der Waals surface area (Å²) in [6.07, 6.45) is 1.47. The third-order valence-corrected chi connectivity index (χ3v) is 1.68. The summed E-state index contributed by atoms with van der Waals surface area (Å²) in [5, 5.41) is 13.1. The van der Waals surface area contributed by atoms with Crippen molar-refractivity contribution in [1.29, 1.82) is 0 Å². The molecule has 1 atom stereocenters. The maximum Gasteiger partial charge on any atom is 0.255 e. The molecule has 1 heterocycles. The summed E-state index contributed by atoms with van der Waals surface area (Å²) >= 11 is 0. The van der Waals surface area contributed by atoms with Gasteiger partial charge in [0.05, 0.1) is 0 Å². The van der Waals surface area contributed by atoms with Crippen molar-refractivity contribution in [3.63, 3.8) is 0 Å². The number of hydrogen-bond donors (Lipinski definition) is 2. The highest BCUT2D eigenvalue weighted by Gasteiger charge is 2.14. The molecule has 3 N–H and O–H groups in total. The largest absolute Gasteiger partial charge is 0.383 e. The van der Waals surface area contributed by atoms with Gasteiger partial charge in [-0.05, 0) is 19.4 Å². The summed E-state index contributed by atoms with van der Waals surface area (Å²) in [4.78, 5) is 4.04. The molecule has 0 aromatic carbocycles. The van der Waals surface area contributed by atoms with Gasteiger partial charge in [-0.3, -0.25) is 0 Å². The number of nitrogens with zero attached hydrogens (tertiary/aromatic N) is 2. The third-order valence-electron chi connectivity index (χ3n) is 1.68. The Balaban J connectivity index is 2.56. The van der Waals surface area contributed by atoms with Crippen LogP contribution in [0.2, 0.25) is 0 Å². The van der Waals surface area contributed by atoms with Crippen LogP contribution in [0.1, 0.15) is 37.6 Å². The smallest absolute Gasteiger partial charge is 0.255 e. The topological polar surface area (TPSA) is 85.2 Å². The molecule has 1 aromatic rings. The zero-order valence-corrected chi connectivity index (χ0v) is 7.73. The summed E-state index contributed by atoms with van der Waals surface area (Å²) in [6.45, 7) is 2.44. The van der Waals surface area contributed by atoms with Crippen molar-refractivity contribution in [2.75, 3.05) is 6.54 Å². The number of nitrogens with two attached hydrogens (primary N) is 1. The molecule has 0 unspecified atom stereocenters. The first-order valence-electron chi connectivity index (χ1n) is 4.48. The molecule has 0 aliphatic rings. The molecule has 0 spiro atoms. The Morgan fingerprint density at radius 2 is 2.38 bits per heavy atom. The highest BCUT2D eigenvalue weighted by atomic mass is 16.5. The lowest BCUT2D eigenvalue weighted by atomic mass is 10.2. The first-order valence-corrected chi connectivity index (χ1v) is 4.48. The van der Waals surface area contributed by atoms with E-state index in [4.69, 9.17) is 10.3 Å². The molecule has 0 radical (unpaired) electrons. The van der Waals surface area contributed by atoms with Crippen LogP contribution in [0.4, 0.5) is 0 Å². The van der Waals surface area contributed by atoms with Gasteiger partial charge in [0.25, 0.3) is 5.89 Å². The second kappa shape index (κ2) is 4.94. The van der Waals surface area contributed by atoms with Crippen LogP contribution >= 0.6 is 0 Å². The molecular formula is C8H15N3O2. The Kier molecular flexibility index (Phi) is 3.85. The number of aliphatic hydroxyl groups excluding tert-OH is 1. The number of aromatic nitrogens is 2. The lowest BCUT2D eigenvalue weighted by Gasteiger charge is -2.00. The van der Waals surface area contributed by atoms with Crippen LogP contribution in [-0.2, 0) is 6.42 Å². The van der Waals surface area contributed by atoms with Crippen molar-refractivity contribution in [2.45, 2.75) is 32.3 Å². The molecule has 1 aromatic heterocycles. The normalized spacial score (nSPS) is 13.2. The third kappa shape index (κ3) is 2.78. The van der Waals surface area contributed by atoms with E-state index in [0.29, 0.717) is 18.8 Å². The Bertz CT molecular complexity index is 249. The molecular weight excluding hydrogens is 170 g/mol. The standard InChI is InChI=1S/C8H15N3O2/c1-2-3-7-10-8(13-11-7)6(12)4-5-9/h6,12H,2-5,9H2,1H3/t6-/m0/s1. The Labute approximate surface area is 76.9 Å². The lowest BCUT2D eigenvalue weighted by Crippen LogP contribution is -2.07. The van der Waals surface area contributed by atoms with Crippen molar-refractivity contribution in [3.05, 3.63) is 11.7 Å². The molecule has 0 saturated heterocycles. The molecule has 13 heavy (non-hydrogen) atoms. The van der Waals surface area contributed by atoms with E-state index in [-0.39, 0.29) is 5.89 Å². The van der Waals surface area contributed by atoms with Gasteiger partial charge >= 0.3 is 0 Å². The van der Waals surface area contributed by atoms with E-state index in [1.807, 2.05) is 6.92 Å². The van der Waals surface area contributed by atoms with Gasteiger partial charge in [-0.25, -0.2) is 0 Å². The summed E-state index contributed by atoms with van der Waals surface area (Å²) in [7, 11) is 0. The van der Waals surface area contributed by atoms with E-state index in [0.717, 1.165) is 12.8 Å². The number of aryl methyl sites for hydroxylation is 1. The van der Waals surface area contributed by atoms with Crippen LogP contribution in [0.25, 0.3) is 0 Å². The van der Waals surface area contributed by atoms with Gasteiger partial charge in [0.2, 0.25) is 0 Å². The average Bonchev–Trinajstić information content (AvgIpc) is 2.54. The first-order chi connectivity index (χ1) is 6.27. The van der Waals surface area contributed by atoms with E-state index in [1.54, 1.807) is 0 Å². The van der Waals surface area contributed by atoms with Crippen molar-refractivity contribution in [1.82, 2.24) is 10.1 Å². The van der Waals surface area contributed by atoms with E-state index >= 15 is 0 Å². The average molecular weight is 185 g/mol. The minimum Gasteiger partial charge on any atom is -0.383 e. The summed E-state index contributed by atoms with van der Waals surface area (Å²) in [5.74, 6) is 0.919. The lowest BCUT2D eigenvalue weighted by molar-refractivity contribution is 0.127. The molecule has 0 fully saturated rings. The minimum atomic E-state index is -0.719. The number of rotatable bonds is 5. The van der Waals surface area contributed by atoms with Crippen LogP contribution in [0.15, 0.2) is 4.52 Å². The molecule has 5 nitrogen and oxygen atoms in total. The highest BCUT2D eigenvalue weighted by Crippen LogP contribution is 2.13. The van der Waals surface area contributed by atoms with Crippen LogP contribution < -0.4 is 5.73 Å². The Morgan fingerprint density at radius 3 is 3.00 bits per heavy atom. The molecule has 0 amide bonds. The summed E-state index contributed by atoms with van der Waals surface area (Å²) in [6, 6.07) is 0. The van der Waals surface area contributed by atoms with E-state index < -0.39 is 6.10 Å². The molecule has 1 rings (SSSR count). The van der Waals surface area contributed by atoms with Gasteiger partial charge < -0.3 is 15.4 Å². The molecule has 5 heteroatoms. The van der Waals surface area contributed by atoms with Gasteiger partial charge in [0, 0.05) is 6.42 Å². The second-order valence-corrected chi connectivity index (χ2v) is 2.89. The summed E-state index contributed by atoms with van der Waals surface area (Å²) < 4.78 is 4.86. The summed E-state index contributed by atoms with van der Waals surface area (Å²) in [5.41, 5.74) is 5.28. The van der Waals surface area contributed by atoms with Crippen molar-refractivity contribution in [3.8, 4) is 0 Å². The van der Waals surface area contributed by atoms with Crippen LogP contribution in [0.3, 0.4) is 0 Å². The number of aliphatic hydroxyl groups is 1. The fourth-order valence-electron chi connectivity index (χ4n) is 1.01. The van der Waals surface area contributed by atoms with Gasteiger partial charge in [0.15, 0.2) is 5.82 Å². The predicted octanol–water partition coefficient (Wildman–Crippen LogP) is 0.404. The monoisotopic (exact) mass is 185 g/mol. The quantitative estimate of drug-likeness (QED) is 0.693.